The number of hydrogen-bond acceptors (Lipinski definition) is 7. The van der Waals surface area contributed by atoms with Gasteiger partial charge < -0.3 is 15.1 Å². The van der Waals surface area contributed by atoms with E-state index in [-0.39, 0.29) is 22.1 Å². The van der Waals surface area contributed by atoms with Crippen LogP contribution in [0.4, 0.5) is 24.7 Å². The van der Waals surface area contributed by atoms with Crippen LogP contribution in [0.2, 0.25) is 0 Å². The zero-order chi connectivity index (χ0) is 32.0. The maximum Gasteiger partial charge on any atom is 0.490 e. The quantitative estimate of drug-likeness (QED) is 0.294. The summed E-state index contributed by atoms with van der Waals surface area (Å²) in [6.07, 6.45) is -2.25. The normalized spacial score (nSPS) is 11.6. The van der Waals surface area contributed by atoms with E-state index < -0.39 is 28.1 Å². The molecule has 3 rings (SSSR count). The highest BCUT2D eigenvalue weighted by Gasteiger charge is 2.38. The molecule has 3 N–H and O–H groups in total. The first-order chi connectivity index (χ1) is 19.3. The van der Waals surface area contributed by atoms with Gasteiger partial charge in [0.1, 0.15) is 0 Å². The molecule has 0 aliphatic carbocycles. The molecule has 0 aliphatic heterocycles. The summed E-state index contributed by atoms with van der Waals surface area (Å²) in [5, 5.41) is 21.0. The minimum Gasteiger partial charge on any atom is -0.478 e. The maximum atomic E-state index is 13.1. The largest absolute Gasteiger partial charge is 0.490 e. The second-order valence-electron chi connectivity index (χ2n) is 9.83. The Labute approximate surface area is 242 Å². The third-order valence-electron chi connectivity index (χ3n) is 6.40. The Hall–Kier alpha value is -4.14. The fourth-order valence-electron chi connectivity index (χ4n) is 3.97. The second-order valence-corrected chi connectivity index (χ2v) is 11.5. The molecular formula is C27H34F3N5O6S. The lowest BCUT2D eigenvalue weighted by Gasteiger charge is -2.22. The molecule has 2 heterocycles. The van der Waals surface area contributed by atoms with Gasteiger partial charge in [0.25, 0.3) is 10.0 Å². The summed E-state index contributed by atoms with van der Waals surface area (Å²) >= 11 is 0. The summed E-state index contributed by atoms with van der Waals surface area (Å²) in [6, 6.07) is 7.96. The summed E-state index contributed by atoms with van der Waals surface area (Å²) in [4.78, 5) is 26.6. The lowest BCUT2D eigenvalue weighted by Crippen LogP contribution is -2.24. The van der Waals surface area contributed by atoms with Gasteiger partial charge in [0.15, 0.2) is 5.82 Å². The Morgan fingerprint density at radius 3 is 2.14 bits per heavy atom. The summed E-state index contributed by atoms with van der Waals surface area (Å²) in [6.45, 7) is 8.67. The first kappa shape index (κ1) is 34.1. The number of carbonyl (C=O) groups is 2. The van der Waals surface area contributed by atoms with E-state index >= 15 is 0 Å². The standard InChI is InChI=1S/C25H33N5O4S.C2HF3O2/c1-16(2)19-9-11-21(12-10-19)35(33,34)28-23-14-20(25(31)32)15-26-24(23)29(5)13-7-8-22-17(3)27-30(6)18(22)4;3-2(4,5)1(6)7/h9-12,14-16,28H,7-8,13H2,1-6H3,(H,31,32);(H,6,7). The Morgan fingerprint density at radius 1 is 1.12 bits per heavy atom. The van der Waals surface area contributed by atoms with Crippen LogP contribution in [0.1, 0.15) is 59.1 Å². The SMILES string of the molecule is Cc1nn(C)c(C)c1CCCN(C)c1ncc(C(=O)O)cc1NS(=O)(=O)c1ccc(C(C)C)cc1.O=C(O)C(F)(F)F. The highest BCUT2D eigenvalue weighted by Crippen LogP contribution is 2.28. The molecule has 0 amide bonds. The van der Waals surface area contributed by atoms with Crippen molar-refractivity contribution in [1.29, 1.82) is 0 Å². The van der Waals surface area contributed by atoms with Gasteiger partial charge in [-0.1, -0.05) is 26.0 Å². The minimum atomic E-state index is -5.08. The molecule has 0 bridgehead atoms. The fraction of sp³-hybridized carbons (Fsp3) is 0.407. The molecule has 0 saturated carbocycles. The fourth-order valence-corrected chi connectivity index (χ4v) is 5.02. The summed E-state index contributed by atoms with van der Waals surface area (Å²) in [5.74, 6) is -3.31. The van der Waals surface area contributed by atoms with E-state index in [0.717, 1.165) is 29.8 Å². The van der Waals surface area contributed by atoms with Gasteiger partial charge in [-0.25, -0.2) is 23.0 Å². The number of aromatic nitrogens is 3. The molecule has 0 atom stereocenters. The minimum absolute atomic E-state index is 0.0961. The van der Waals surface area contributed by atoms with Gasteiger partial charge in [0.2, 0.25) is 0 Å². The van der Waals surface area contributed by atoms with Crippen molar-refractivity contribution in [3.8, 4) is 0 Å². The predicted octanol–water partition coefficient (Wildman–Crippen LogP) is 4.76. The molecule has 230 valence electrons. The highest BCUT2D eigenvalue weighted by molar-refractivity contribution is 7.92. The van der Waals surface area contributed by atoms with Crippen LogP contribution in [-0.4, -0.2) is 65.1 Å². The van der Waals surface area contributed by atoms with Crippen molar-refractivity contribution in [1.82, 2.24) is 14.8 Å². The Morgan fingerprint density at radius 2 is 1.69 bits per heavy atom. The maximum absolute atomic E-state index is 13.1. The number of nitrogens with one attached hydrogen (secondary N) is 1. The average Bonchev–Trinajstić information content (AvgIpc) is 3.13. The summed E-state index contributed by atoms with van der Waals surface area (Å²) in [7, 11) is -0.223. The number of carboxylic acid groups (broad SMARTS) is 2. The molecule has 0 radical (unpaired) electrons. The lowest BCUT2D eigenvalue weighted by molar-refractivity contribution is -0.192. The Kier molecular flexibility index (Phi) is 11.1. The number of nitrogens with zero attached hydrogens (tertiary/aromatic N) is 4. The molecule has 0 spiro atoms. The van der Waals surface area contributed by atoms with E-state index in [0.29, 0.717) is 12.4 Å². The number of pyridine rings is 1. The van der Waals surface area contributed by atoms with Crippen molar-refractivity contribution < 1.29 is 41.4 Å². The molecule has 15 heteroatoms. The van der Waals surface area contributed by atoms with Crippen molar-refractivity contribution in [2.24, 2.45) is 7.05 Å². The van der Waals surface area contributed by atoms with Gasteiger partial charge in [-0.05, 0) is 61.9 Å². The van der Waals surface area contributed by atoms with Gasteiger partial charge >= 0.3 is 18.1 Å². The van der Waals surface area contributed by atoms with Crippen molar-refractivity contribution in [2.75, 3.05) is 23.2 Å². The molecule has 11 nitrogen and oxygen atoms in total. The van der Waals surface area contributed by atoms with Crippen LogP contribution < -0.4 is 9.62 Å². The van der Waals surface area contributed by atoms with Crippen LogP contribution in [0.5, 0.6) is 0 Å². The van der Waals surface area contributed by atoms with Gasteiger partial charge in [-0.15, -0.1) is 0 Å². The molecule has 0 fully saturated rings. The third-order valence-corrected chi connectivity index (χ3v) is 7.78. The van der Waals surface area contributed by atoms with E-state index in [1.165, 1.54) is 17.8 Å². The van der Waals surface area contributed by atoms with Gasteiger partial charge in [0.05, 0.1) is 21.8 Å². The van der Waals surface area contributed by atoms with E-state index in [2.05, 4.69) is 14.8 Å². The molecule has 1 aromatic carbocycles. The second kappa shape index (κ2) is 13.7. The van der Waals surface area contributed by atoms with E-state index in [4.69, 9.17) is 9.90 Å². The van der Waals surface area contributed by atoms with Crippen LogP contribution in [0, 0.1) is 13.8 Å². The van der Waals surface area contributed by atoms with Crippen molar-refractivity contribution in [3.63, 3.8) is 0 Å². The zero-order valence-corrected chi connectivity index (χ0v) is 24.8. The number of alkyl halides is 3. The Bertz CT molecular complexity index is 1520. The van der Waals surface area contributed by atoms with Crippen LogP contribution in [0.3, 0.4) is 0 Å². The van der Waals surface area contributed by atoms with Gasteiger partial charge in [-0.3, -0.25) is 9.40 Å². The molecular weight excluding hydrogens is 579 g/mol. The first-order valence-electron chi connectivity index (χ1n) is 12.7. The first-order valence-corrected chi connectivity index (χ1v) is 14.2. The number of anilines is 2. The third kappa shape index (κ3) is 8.93. The topological polar surface area (TPSA) is 155 Å². The monoisotopic (exact) mass is 613 g/mol. The van der Waals surface area contributed by atoms with Crippen molar-refractivity contribution in [3.05, 3.63) is 64.6 Å². The number of aliphatic carboxylic acids is 1. The molecule has 42 heavy (non-hydrogen) atoms. The van der Waals surface area contributed by atoms with Crippen LogP contribution in [-0.2, 0) is 28.3 Å². The van der Waals surface area contributed by atoms with E-state index in [1.807, 2.05) is 44.3 Å². The summed E-state index contributed by atoms with van der Waals surface area (Å²) in [5.41, 5.74) is 4.35. The van der Waals surface area contributed by atoms with Crippen LogP contribution in [0.15, 0.2) is 41.4 Å². The van der Waals surface area contributed by atoms with Crippen molar-refractivity contribution >= 4 is 33.5 Å². The smallest absolute Gasteiger partial charge is 0.478 e. The molecule has 0 unspecified atom stereocenters. The Balaban J connectivity index is 0.000000782. The number of benzene rings is 1. The van der Waals surface area contributed by atoms with Gasteiger partial charge in [-0.2, -0.15) is 18.3 Å². The summed E-state index contributed by atoms with van der Waals surface area (Å²) < 4.78 is 62.3. The molecule has 3 aromatic rings. The number of halogens is 3. The van der Waals surface area contributed by atoms with Gasteiger partial charge in [0, 0.05) is 32.5 Å². The average molecular weight is 614 g/mol. The zero-order valence-electron chi connectivity index (χ0n) is 24.0. The molecule has 0 aliphatic rings. The molecule has 0 saturated heterocycles. The van der Waals surface area contributed by atoms with Crippen molar-refractivity contribution in [2.45, 2.75) is 57.5 Å². The predicted molar refractivity (Wildman–Crippen MR) is 150 cm³/mol. The highest BCUT2D eigenvalue weighted by atomic mass is 32.2. The lowest BCUT2D eigenvalue weighted by atomic mass is 10.0. The number of sulfonamides is 1. The van der Waals surface area contributed by atoms with E-state index in [9.17, 15) is 31.5 Å². The van der Waals surface area contributed by atoms with Crippen LogP contribution in [0.25, 0.3) is 0 Å². The molecule has 2 aromatic heterocycles. The number of carboxylic acids is 2. The number of rotatable bonds is 10. The number of aromatic carboxylic acids is 1. The van der Waals surface area contributed by atoms with E-state index in [1.54, 1.807) is 31.3 Å². The van der Waals surface area contributed by atoms with Crippen LogP contribution >= 0.6 is 0 Å². The number of aryl methyl sites for hydroxylation is 2. The number of hydrogen-bond donors (Lipinski definition) is 3.